The van der Waals surface area contributed by atoms with Gasteiger partial charge in [-0.25, -0.2) is 4.79 Å². The highest BCUT2D eigenvalue weighted by Gasteiger charge is 2.40. The topological polar surface area (TPSA) is 99.5 Å². The number of carbonyl (C=O) groups excluding carboxylic acids is 3. The maximum Gasteiger partial charge on any atom is 0.338 e. The standard InChI is InChI=1S/C28H23N3O4S/c1-2-35-28(34)20-13-15-21(16-14-20)30-25(32)23(18-29)27-31(22-11-7-4-8-12-22)26(33)24(36-27)17-19-9-5-3-6-10-19/h3-16,24H,2,17H2,1H3,(H,30,32)/b27-23-/t24-/m1/s1. The van der Waals surface area contributed by atoms with Crippen LogP contribution in [0.25, 0.3) is 0 Å². The highest BCUT2D eigenvalue weighted by molar-refractivity contribution is 8.05. The van der Waals surface area contributed by atoms with Crippen LogP contribution in [0.5, 0.6) is 0 Å². The van der Waals surface area contributed by atoms with E-state index in [1.54, 1.807) is 43.3 Å². The molecule has 0 aliphatic carbocycles. The molecule has 1 saturated heterocycles. The Hall–Kier alpha value is -4.35. The minimum Gasteiger partial charge on any atom is -0.462 e. The van der Waals surface area contributed by atoms with Crippen LogP contribution >= 0.6 is 11.8 Å². The van der Waals surface area contributed by atoms with Crippen LogP contribution in [0.4, 0.5) is 11.4 Å². The zero-order chi connectivity index (χ0) is 25.5. The molecule has 1 heterocycles. The van der Waals surface area contributed by atoms with Crippen molar-refractivity contribution in [3.8, 4) is 6.07 Å². The molecular weight excluding hydrogens is 474 g/mol. The number of nitrogens with one attached hydrogen (secondary N) is 1. The van der Waals surface area contributed by atoms with Crippen LogP contribution in [-0.4, -0.2) is 29.6 Å². The molecule has 1 atom stereocenters. The Labute approximate surface area is 213 Å². The number of rotatable bonds is 7. The molecule has 0 spiro atoms. The Morgan fingerprint density at radius 2 is 1.64 bits per heavy atom. The van der Waals surface area contributed by atoms with Gasteiger partial charge >= 0.3 is 5.97 Å². The van der Waals surface area contributed by atoms with E-state index in [4.69, 9.17) is 4.74 Å². The molecule has 3 aromatic carbocycles. The van der Waals surface area contributed by atoms with Crippen molar-refractivity contribution in [3.63, 3.8) is 0 Å². The fraction of sp³-hybridized carbons (Fsp3) is 0.143. The van der Waals surface area contributed by atoms with Gasteiger partial charge in [-0.1, -0.05) is 60.3 Å². The summed E-state index contributed by atoms with van der Waals surface area (Å²) in [6, 6.07) is 26.8. The molecular formula is C28H23N3O4S. The van der Waals surface area contributed by atoms with E-state index < -0.39 is 17.1 Å². The summed E-state index contributed by atoms with van der Waals surface area (Å²) in [7, 11) is 0. The number of carbonyl (C=O) groups is 3. The van der Waals surface area contributed by atoms with Crippen LogP contribution in [0.2, 0.25) is 0 Å². The number of nitrogens with zero attached hydrogens (tertiary/aromatic N) is 2. The van der Waals surface area contributed by atoms with Crippen LogP contribution in [0.3, 0.4) is 0 Å². The number of anilines is 2. The molecule has 0 bridgehead atoms. The van der Waals surface area contributed by atoms with Crippen molar-refractivity contribution in [1.82, 2.24) is 0 Å². The molecule has 1 N–H and O–H groups in total. The third-order valence-electron chi connectivity index (χ3n) is 5.44. The summed E-state index contributed by atoms with van der Waals surface area (Å²) in [4.78, 5) is 39.9. The molecule has 180 valence electrons. The van der Waals surface area contributed by atoms with E-state index in [0.29, 0.717) is 23.4 Å². The van der Waals surface area contributed by atoms with Crippen molar-refractivity contribution < 1.29 is 19.1 Å². The third kappa shape index (κ3) is 5.48. The number of esters is 1. The van der Waals surface area contributed by atoms with Gasteiger partial charge in [0, 0.05) is 11.4 Å². The second-order valence-corrected chi connectivity index (χ2v) is 9.04. The molecule has 0 aromatic heterocycles. The summed E-state index contributed by atoms with van der Waals surface area (Å²) in [6.45, 7) is 1.98. The molecule has 8 heteroatoms. The summed E-state index contributed by atoms with van der Waals surface area (Å²) >= 11 is 1.21. The summed E-state index contributed by atoms with van der Waals surface area (Å²) in [5, 5.41) is 12.5. The highest BCUT2D eigenvalue weighted by atomic mass is 32.2. The van der Waals surface area contributed by atoms with E-state index in [9.17, 15) is 19.6 Å². The first-order valence-electron chi connectivity index (χ1n) is 11.3. The lowest BCUT2D eigenvalue weighted by molar-refractivity contribution is -0.117. The van der Waals surface area contributed by atoms with Gasteiger partial charge in [0.15, 0.2) is 0 Å². The monoisotopic (exact) mass is 497 g/mol. The molecule has 3 aromatic rings. The molecule has 0 unspecified atom stereocenters. The van der Waals surface area contributed by atoms with Gasteiger partial charge in [-0.05, 0) is 55.3 Å². The lowest BCUT2D eigenvalue weighted by Crippen LogP contribution is -2.30. The largest absolute Gasteiger partial charge is 0.462 e. The second kappa shape index (κ2) is 11.4. The average molecular weight is 498 g/mol. The van der Waals surface area contributed by atoms with E-state index in [0.717, 1.165) is 5.56 Å². The molecule has 4 rings (SSSR count). The minimum absolute atomic E-state index is 0.165. The van der Waals surface area contributed by atoms with Crippen LogP contribution in [0.1, 0.15) is 22.8 Å². The first-order chi connectivity index (χ1) is 17.5. The number of amides is 2. The smallest absolute Gasteiger partial charge is 0.338 e. The number of nitriles is 1. The lowest BCUT2D eigenvalue weighted by Gasteiger charge is -2.18. The second-order valence-electron chi connectivity index (χ2n) is 7.85. The molecule has 0 saturated carbocycles. The molecule has 0 radical (unpaired) electrons. The fourth-order valence-electron chi connectivity index (χ4n) is 3.72. The van der Waals surface area contributed by atoms with Crippen LogP contribution in [-0.2, 0) is 20.7 Å². The quantitative estimate of drug-likeness (QED) is 0.282. The highest BCUT2D eigenvalue weighted by Crippen LogP contribution is 2.42. The first kappa shape index (κ1) is 24.8. The number of hydrogen-bond donors (Lipinski definition) is 1. The zero-order valence-corrected chi connectivity index (χ0v) is 20.3. The molecule has 1 fully saturated rings. The van der Waals surface area contributed by atoms with Crippen molar-refractivity contribution >= 4 is 40.9 Å². The fourth-order valence-corrected chi connectivity index (χ4v) is 5.03. The van der Waals surface area contributed by atoms with Gasteiger partial charge in [0.2, 0.25) is 5.91 Å². The normalized spacial score (nSPS) is 16.3. The minimum atomic E-state index is -0.641. The summed E-state index contributed by atoms with van der Waals surface area (Å²) in [5.41, 5.74) is 2.16. The lowest BCUT2D eigenvalue weighted by atomic mass is 10.1. The van der Waals surface area contributed by atoms with E-state index in [2.05, 4.69) is 5.32 Å². The van der Waals surface area contributed by atoms with Gasteiger partial charge in [-0.3, -0.25) is 14.5 Å². The molecule has 1 aliphatic rings. The average Bonchev–Trinajstić information content (AvgIpc) is 3.21. The number of ether oxygens (including phenoxy) is 1. The molecule has 1 aliphatic heterocycles. The predicted octanol–water partition coefficient (Wildman–Crippen LogP) is 4.93. The van der Waals surface area contributed by atoms with Crippen LogP contribution in [0.15, 0.2) is 95.5 Å². The maximum absolute atomic E-state index is 13.5. The molecule has 36 heavy (non-hydrogen) atoms. The number of thioether (sulfide) groups is 1. The van der Waals surface area contributed by atoms with E-state index in [1.165, 1.54) is 28.8 Å². The Morgan fingerprint density at radius 1 is 1.00 bits per heavy atom. The predicted molar refractivity (Wildman–Crippen MR) is 139 cm³/mol. The SMILES string of the molecule is CCOC(=O)c1ccc(NC(=O)/C(C#N)=C2\S[C@H](Cc3ccccc3)C(=O)N2c2ccccc2)cc1. The summed E-state index contributed by atoms with van der Waals surface area (Å²) < 4.78 is 4.97. The zero-order valence-electron chi connectivity index (χ0n) is 19.5. The van der Waals surface area contributed by atoms with Crippen molar-refractivity contribution in [2.45, 2.75) is 18.6 Å². The van der Waals surface area contributed by atoms with Crippen LogP contribution in [0, 0.1) is 11.3 Å². The number of benzene rings is 3. The van der Waals surface area contributed by atoms with Crippen molar-refractivity contribution in [1.29, 1.82) is 5.26 Å². The van der Waals surface area contributed by atoms with Crippen molar-refractivity contribution in [2.75, 3.05) is 16.8 Å². The van der Waals surface area contributed by atoms with Crippen molar-refractivity contribution in [2.24, 2.45) is 0 Å². The Morgan fingerprint density at radius 3 is 2.25 bits per heavy atom. The molecule has 7 nitrogen and oxygen atoms in total. The van der Waals surface area contributed by atoms with Gasteiger partial charge in [0.05, 0.1) is 17.4 Å². The Balaban J connectivity index is 1.64. The van der Waals surface area contributed by atoms with Gasteiger partial charge in [0.25, 0.3) is 5.91 Å². The number of hydrogen-bond acceptors (Lipinski definition) is 6. The van der Waals surface area contributed by atoms with E-state index in [1.807, 2.05) is 42.5 Å². The van der Waals surface area contributed by atoms with Gasteiger partial charge < -0.3 is 10.1 Å². The Bertz CT molecular complexity index is 1330. The van der Waals surface area contributed by atoms with Gasteiger partial charge in [0.1, 0.15) is 16.7 Å². The molecule has 2 amide bonds. The van der Waals surface area contributed by atoms with E-state index >= 15 is 0 Å². The van der Waals surface area contributed by atoms with Gasteiger partial charge in [-0.15, -0.1) is 0 Å². The summed E-state index contributed by atoms with van der Waals surface area (Å²) in [6.07, 6.45) is 0.465. The maximum atomic E-state index is 13.5. The first-order valence-corrected chi connectivity index (χ1v) is 12.2. The van der Waals surface area contributed by atoms with Gasteiger partial charge in [-0.2, -0.15) is 5.26 Å². The Kier molecular flexibility index (Phi) is 7.83. The van der Waals surface area contributed by atoms with Crippen molar-refractivity contribution in [3.05, 3.63) is 107 Å². The third-order valence-corrected chi connectivity index (χ3v) is 6.70. The number of para-hydroxylation sites is 1. The van der Waals surface area contributed by atoms with Crippen LogP contribution < -0.4 is 10.2 Å². The summed E-state index contributed by atoms with van der Waals surface area (Å²) in [5.74, 6) is -1.29. The van der Waals surface area contributed by atoms with E-state index in [-0.39, 0.29) is 23.1 Å².